The maximum atomic E-state index is 12.0. The van der Waals surface area contributed by atoms with Crippen molar-refractivity contribution in [2.24, 2.45) is 0 Å². The summed E-state index contributed by atoms with van der Waals surface area (Å²) >= 11 is 0. The molecule has 0 aliphatic carbocycles. The Morgan fingerprint density at radius 3 is 2.42 bits per heavy atom. The summed E-state index contributed by atoms with van der Waals surface area (Å²) in [5, 5.41) is 8.70. The summed E-state index contributed by atoms with van der Waals surface area (Å²) in [5.41, 5.74) is -0.627. The highest BCUT2D eigenvalue weighted by Crippen LogP contribution is 2.16. The third-order valence-corrected chi connectivity index (χ3v) is 2.70. The van der Waals surface area contributed by atoms with Crippen molar-refractivity contribution in [1.82, 2.24) is 9.80 Å². The van der Waals surface area contributed by atoms with Crippen LogP contribution in [0.5, 0.6) is 0 Å². The number of hydrogen-bond donors (Lipinski definition) is 1. The smallest absolute Gasteiger partial charge is 0.411 e. The minimum absolute atomic E-state index is 0.203. The summed E-state index contributed by atoms with van der Waals surface area (Å²) in [5.74, 6) is -1.44. The Labute approximate surface area is 112 Å². The van der Waals surface area contributed by atoms with Gasteiger partial charge in [0, 0.05) is 13.1 Å². The first-order chi connectivity index (χ1) is 8.61. The van der Waals surface area contributed by atoms with Gasteiger partial charge in [-0.15, -0.1) is 0 Å². The molecule has 1 aliphatic heterocycles. The van der Waals surface area contributed by atoms with E-state index in [1.165, 1.54) is 9.80 Å². The van der Waals surface area contributed by atoms with Crippen molar-refractivity contribution in [3.8, 4) is 0 Å². The molecule has 1 saturated heterocycles. The van der Waals surface area contributed by atoms with Gasteiger partial charge in [0.05, 0.1) is 0 Å². The standard InChI is InChI=1S/C12H20N2O5/c1-8-10(17)13(7-9(15)16)5-6-14(8)11(18)19-12(2,3)4/h8H,5-7H2,1-4H3,(H,15,16)/t8-/m1/s1. The minimum atomic E-state index is -1.06. The molecule has 1 fully saturated rings. The monoisotopic (exact) mass is 272 g/mol. The number of aliphatic carboxylic acids is 1. The van der Waals surface area contributed by atoms with Crippen LogP contribution in [0.4, 0.5) is 4.79 Å². The van der Waals surface area contributed by atoms with Crippen molar-refractivity contribution < 1.29 is 24.2 Å². The molecule has 7 nitrogen and oxygen atoms in total. The van der Waals surface area contributed by atoms with Gasteiger partial charge in [-0.1, -0.05) is 0 Å². The van der Waals surface area contributed by atoms with Crippen molar-refractivity contribution in [3.63, 3.8) is 0 Å². The van der Waals surface area contributed by atoms with E-state index < -0.39 is 23.7 Å². The number of rotatable bonds is 2. The molecular formula is C12H20N2O5. The first-order valence-corrected chi connectivity index (χ1v) is 6.12. The summed E-state index contributed by atoms with van der Waals surface area (Å²) in [7, 11) is 0. The SMILES string of the molecule is C[C@@H]1C(=O)N(CC(=O)O)CCN1C(=O)OC(C)(C)C. The molecule has 0 spiro atoms. The van der Waals surface area contributed by atoms with Gasteiger partial charge < -0.3 is 14.7 Å². The molecular weight excluding hydrogens is 252 g/mol. The van der Waals surface area contributed by atoms with Crippen LogP contribution >= 0.6 is 0 Å². The van der Waals surface area contributed by atoms with Crippen molar-refractivity contribution in [3.05, 3.63) is 0 Å². The second kappa shape index (κ2) is 5.46. The molecule has 108 valence electrons. The number of nitrogens with zero attached hydrogens (tertiary/aromatic N) is 2. The number of amides is 2. The molecule has 1 atom stereocenters. The molecule has 0 unspecified atom stereocenters. The van der Waals surface area contributed by atoms with Crippen LogP contribution in [0.25, 0.3) is 0 Å². The number of ether oxygens (including phenoxy) is 1. The van der Waals surface area contributed by atoms with Crippen LogP contribution in [0.15, 0.2) is 0 Å². The van der Waals surface area contributed by atoms with E-state index in [2.05, 4.69) is 0 Å². The molecule has 1 rings (SSSR count). The molecule has 0 aromatic carbocycles. The molecule has 0 radical (unpaired) electrons. The molecule has 0 aromatic heterocycles. The fourth-order valence-electron chi connectivity index (χ4n) is 1.82. The van der Waals surface area contributed by atoms with Crippen molar-refractivity contribution in [2.45, 2.75) is 39.3 Å². The maximum absolute atomic E-state index is 12.0. The lowest BCUT2D eigenvalue weighted by Crippen LogP contribution is -2.59. The van der Waals surface area contributed by atoms with Crippen LogP contribution in [0.3, 0.4) is 0 Å². The predicted octanol–water partition coefficient (Wildman–Crippen LogP) is 0.539. The molecule has 1 aliphatic rings. The molecule has 7 heteroatoms. The van der Waals surface area contributed by atoms with Gasteiger partial charge in [-0.2, -0.15) is 0 Å². The summed E-state index contributed by atoms with van der Waals surface area (Å²) in [6.45, 7) is 6.95. The zero-order chi connectivity index (χ0) is 14.8. The van der Waals surface area contributed by atoms with Gasteiger partial charge in [-0.05, 0) is 27.7 Å². The number of piperazine rings is 1. The molecule has 19 heavy (non-hydrogen) atoms. The van der Waals surface area contributed by atoms with E-state index in [1.807, 2.05) is 0 Å². The number of carbonyl (C=O) groups is 3. The molecule has 2 amide bonds. The fourth-order valence-corrected chi connectivity index (χ4v) is 1.82. The highest BCUT2D eigenvalue weighted by Gasteiger charge is 2.36. The van der Waals surface area contributed by atoms with E-state index in [9.17, 15) is 14.4 Å². The van der Waals surface area contributed by atoms with E-state index in [1.54, 1.807) is 27.7 Å². The Morgan fingerprint density at radius 2 is 1.95 bits per heavy atom. The van der Waals surface area contributed by atoms with E-state index >= 15 is 0 Å². The first kappa shape index (κ1) is 15.3. The van der Waals surface area contributed by atoms with Gasteiger partial charge in [0.25, 0.3) is 0 Å². The Bertz CT molecular complexity index is 388. The molecule has 1 N–H and O–H groups in total. The third kappa shape index (κ3) is 4.11. The van der Waals surface area contributed by atoms with Crippen LogP contribution in [0.1, 0.15) is 27.7 Å². The first-order valence-electron chi connectivity index (χ1n) is 6.12. The van der Waals surface area contributed by atoms with Gasteiger partial charge in [0.15, 0.2) is 0 Å². The van der Waals surface area contributed by atoms with E-state index in [4.69, 9.17) is 9.84 Å². The number of hydrogen-bond acceptors (Lipinski definition) is 4. The zero-order valence-corrected chi connectivity index (χ0v) is 11.7. The van der Waals surface area contributed by atoms with Crippen LogP contribution in [0.2, 0.25) is 0 Å². The maximum Gasteiger partial charge on any atom is 0.411 e. The Hall–Kier alpha value is -1.79. The predicted molar refractivity (Wildman–Crippen MR) is 66.6 cm³/mol. The Balaban J connectivity index is 2.69. The lowest BCUT2D eigenvalue weighted by molar-refractivity contribution is -0.149. The van der Waals surface area contributed by atoms with Crippen molar-refractivity contribution in [1.29, 1.82) is 0 Å². The minimum Gasteiger partial charge on any atom is -0.480 e. The van der Waals surface area contributed by atoms with Crippen molar-refractivity contribution in [2.75, 3.05) is 19.6 Å². The van der Waals surface area contributed by atoms with Gasteiger partial charge in [0.1, 0.15) is 18.2 Å². The second-order valence-electron chi connectivity index (χ2n) is 5.50. The zero-order valence-electron chi connectivity index (χ0n) is 11.7. The van der Waals surface area contributed by atoms with Crippen LogP contribution in [-0.4, -0.2) is 64.2 Å². The third-order valence-electron chi connectivity index (χ3n) is 2.70. The van der Waals surface area contributed by atoms with E-state index in [-0.39, 0.29) is 25.5 Å². The van der Waals surface area contributed by atoms with E-state index in [0.717, 1.165) is 0 Å². The van der Waals surface area contributed by atoms with Gasteiger partial charge in [0.2, 0.25) is 5.91 Å². The van der Waals surface area contributed by atoms with Crippen LogP contribution in [0, 0.1) is 0 Å². The number of carbonyl (C=O) groups excluding carboxylic acids is 2. The van der Waals surface area contributed by atoms with Gasteiger partial charge >= 0.3 is 12.1 Å². The number of carboxylic acid groups (broad SMARTS) is 1. The highest BCUT2D eigenvalue weighted by atomic mass is 16.6. The quantitative estimate of drug-likeness (QED) is 0.792. The lowest BCUT2D eigenvalue weighted by Gasteiger charge is -2.38. The molecule has 1 heterocycles. The summed E-state index contributed by atoms with van der Waals surface area (Å²) in [6.07, 6.45) is -0.552. The summed E-state index contributed by atoms with van der Waals surface area (Å²) < 4.78 is 5.21. The molecule has 0 saturated carbocycles. The Morgan fingerprint density at radius 1 is 1.37 bits per heavy atom. The summed E-state index contributed by atoms with van der Waals surface area (Å²) in [6, 6.07) is -0.706. The highest BCUT2D eigenvalue weighted by molar-refractivity contribution is 5.88. The Kier molecular flexibility index (Phi) is 4.39. The van der Waals surface area contributed by atoms with Crippen molar-refractivity contribution >= 4 is 18.0 Å². The normalized spacial score (nSPS) is 20.4. The number of carboxylic acids is 1. The summed E-state index contributed by atoms with van der Waals surface area (Å²) in [4.78, 5) is 37.0. The van der Waals surface area contributed by atoms with Gasteiger partial charge in [-0.25, -0.2) is 4.79 Å². The average Bonchev–Trinajstić information content (AvgIpc) is 2.21. The van der Waals surface area contributed by atoms with Crippen LogP contribution in [-0.2, 0) is 14.3 Å². The average molecular weight is 272 g/mol. The van der Waals surface area contributed by atoms with E-state index in [0.29, 0.717) is 0 Å². The lowest BCUT2D eigenvalue weighted by atomic mass is 10.1. The fraction of sp³-hybridized carbons (Fsp3) is 0.750. The molecule has 0 aromatic rings. The largest absolute Gasteiger partial charge is 0.480 e. The van der Waals surface area contributed by atoms with Gasteiger partial charge in [-0.3, -0.25) is 14.5 Å². The topological polar surface area (TPSA) is 87.2 Å². The molecule has 0 bridgehead atoms. The van der Waals surface area contributed by atoms with Crippen LogP contribution < -0.4 is 0 Å². The second-order valence-corrected chi connectivity index (χ2v) is 5.50.